The number of benzene rings is 1. The Morgan fingerprint density at radius 1 is 1.33 bits per heavy atom. The normalized spacial score (nSPS) is 10.1. The van der Waals surface area contributed by atoms with E-state index in [-0.39, 0.29) is 5.91 Å². The van der Waals surface area contributed by atoms with Crippen molar-refractivity contribution in [2.24, 2.45) is 0 Å². The molecule has 0 unspecified atom stereocenters. The molecule has 5 heteroatoms. The van der Waals surface area contributed by atoms with Crippen LogP contribution in [0.1, 0.15) is 10.4 Å². The Kier molecular flexibility index (Phi) is 3.62. The third-order valence-electron chi connectivity index (χ3n) is 2.49. The zero-order valence-electron chi connectivity index (χ0n) is 9.80. The number of amides is 1. The third-order valence-corrected chi connectivity index (χ3v) is 2.98. The summed E-state index contributed by atoms with van der Waals surface area (Å²) < 4.78 is 0.863. The summed E-state index contributed by atoms with van der Waals surface area (Å²) in [6.45, 7) is 0. The lowest BCUT2D eigenvalue weighted by Gasteiger charge is -2.16. The van der Waals surface area contributed by atoms with Crippen LogP contribution >= 0.6 is 15.9 Å². The van der Waals surface area contributed by atoms with Crippen molar-refractivity contribution >= 4 is 33.3 Å². The average Bonchev–Trinajstić information content (AvgIpc) is 2.37. The van der Waals surface area contributed by atoms with Crippen molar-refractivity contribution in [2.45, 2.75) is 0 Å². The Bertz CT molecular complexity index is 586. The number of rotatable bonds is 2. The smallest absolute Gasteiger partial charge is 0.259 e. The van der Waals surface area contributed by atoms with Gasteiger partial charge in [0.05, 0.1) is 0 Å². The van der Waals surface area contributed by atoms with Crippen LogP contribution in [0, 0.1) is 0 Å². The molecule has 0 fully saturated rings. The van der Waals surface area contributed by atoms with Gasteiger partial charge in [0.25, 0.3) is 5.91 Å². The topological polar surface area (TPSA) is 59.2 Å². The Hall–Kier alpha value is -1.88. The first-order valence-electron chi connectivity index (χ1n) is 5.33. The number of carbonyl (C=O) groups is 1. The summed E-state index contributed by atoms with van der Waals surface area (Å²) in [6, 6.07) is 10.6. The molecule has 4 nitrogen and oxygen atoms in total. The van der Waals surface area contributed by atoms with Gasteiger partial charge in [-0.3, -0.25) is 9.69 Å². The molecule has 1 amide bonds. The molecule has 0 saturated carbocycles. The van der Waals surface area contributed by atoms with E-state index in [0.717, 1.165) is 4.47 Å². The first kappa shape index (κ1) is 12.6. The minimum atomic E-state index is -0.130. The van der Waals surface area contributed by atoms with E-state index in [9.17, 15) is 4.79 Å². The average molecular weight is 306 g/mol. The highest BCUT2D eigenvalue weighted by molar-refractivity contribution is 9.10. The van der Waals surface area contributed by atoms with Crippen molar-refractivity contribution < 1.29 is 4.79 Å². The van der Waals surface area contributed by atoms with Crippen LogP contribution < -0.4 is 10.6 Å². The highest BCUT2D eigenvalue weighted by Gasteiger charge is 2.14. The lowest BCUT2D eigenvalue weighted by Crippen LogP contribution is -2.27. The maximum atomic E-state index is 12.2. The van der Waals surface area contributed by atoms with Crippen molar-refractivity contribution in [1.29, 1.82) is 0 Å². The Morgan fingerprint density at radius 2 is 2.11 bits per heavy atom. The number of halogens is 1. The summed E-state index contributed by atoms with van der Waals surface area (Å²) >= 11 is 3.34. The molecule has 0 saturated heterocycles. The monoisotopic (exact) mass is 305 g/mol. The molecule has 0 aliphatic rings. The standard InChI is InChI=1S/C13H12BrN3O/c1-17(12-8-11(15)5-6-16-12)13(18)9-3-2-4-10(14)7-9/h2-8H,1H3,(H2,15,16). The van der Waals surface area contributed by atoms with Crippen molar-refractivity contribution in [3.8, 4) is 0 Å². The fourth-order valence-corrected chi connectivity index (χ4v) is 1.94. The Morgan fingerprint density at radius 3 is 2.78 bits per heavy atom. The fourth-order valence-electron chi connectivity index (χ4n) is 1.54. The molecular weight excluding hydrogens is 294 g/mol. The van der Waals surface area contributed by atoms with E-state index in [1.807, 2.05) is 12.1 Å². The molecule has 0 bridgehead atoms. The summed E-state index contributed by atoms with van der Waals surface area (Å²) in [5, 5.41) is 0. The number of nitrogens with zero attached hydrogens (tertiary/aromatic N) is 2. The molecule has 0 aliphatic carbocycles. The van der Waals surface area contributed by atoms with Gasteiger partial charge in [-0.1, -0.05) is 22.0 Å². The first-order valence-corrected chi connectivity index (χ1v) is 6.12. The molecule has 0 atom stereocenters. The second-order valence-corrected chi connectivity index (χ2v) is 4.74. The van der Waals surface area contributed by atoms with Gasteiger partial charge in [-0.2, -0.15) is 0 Å². The largest absolute Gasteiger partial charge is 0.399 e. The highest BCUT2D eigenvalue weighted by atomic mass is 79.9. The molecule has 1 aromatic carbocycles. The summed E-state index contributed by atoms with van der Waals surface area (Å²) in [7, 11) is 1.67. The second kappa shape index (κ2) is 5.18. The predicted molar refractivity (Wildman–Crippen MR) is 75.5 cm³/mol. The summed E-state index contributed by atoms with van der Waals surface area (Å²) in [4.78, 5) is 17.8. The number of nitrogen functional groups attached to an aromatic ring is 1. The van der Waals surface area contributed by atoms with Gasteiger partial charge in [-0.15, -0.1) is 0 Å². The number of hydrogen-bond acceptors (Lipinski definition) is 3. The molecule has 0 spiro atoms. The predicted octanol–water partition coefficient (Wildman–Crippen LogP) is 2.70. The van der Waals surface area contributed by atoms with Gasteiger partial charge >= 0.3 is 0 Å². The first-order chi connectivity index (χ1) is 8.58. The zero-order valence-corrected chi connectivity index (χ0v) is 11.4. The van der Waals surface area contributed by atoms with Crippen LogP contribution in [0.5, 0.6) is 0 Å². The van der Waals surface area contributed by atoms with Crippen LogP contribution in [0.2, 0.25) is 0 Å². The highest BCUT2D eigenvalue weighted by Crippen LogP contribution is 2.17. The number of nitrogens with two attached hydrogens (primary N) is 1. The van der Waals surface area contributed by atoms with Crippen molar-refractivity contribution in [3.05, 3.63) is 52.6 Å². The van der Waals surface area contributed by atoms with Gasteiger partial charge in [0.15, 0.2) is 0 Å². The molecular formula is C13H12BrN3O. The van der Waals surface area contributed by atoms with Crippen LogP contribution in [0.15, 0.2) is 47.1 Å². The van der Waals surface area contributed by atoms with E-state index < -0.39 is 0 Å². The maximum absolute atomic E-state index is 12.2. The van der Waals surface area contributed by atoms with Crippen LogP contribution in [0.3, 0.4) is 0 Å². The third kappa shape index (κ3) is 2.68. The van der Waals surface area contributed by atoms with E-state index in [1.165, 1.54) is 4.90 Å². The van der Waals surface area contributed by atoms with Crippen molar-refractivity contribution in [3.63, 3.8) is 0 Å². The van der Waals surface area contributed by atoms with E-state index in [0.29, 0.717) is 17.1 Å². The molecule has 92 valence electrons. The van der Waals surface area contributed by atoms with E-state index in [1.54, 1.807) is 37.5 Å². The van der Waals surface area contributed by atoms with Gasteiger partial charge in [-0.05, 0) is 24.3 Å². The van der Waals surface area contributed by atoms with Crippen LogP contribution in [-0.2, 0) is 0 Å². The number of aromatic nitrogens is 1. The Balaban J connectivity index is 2.29. The van der Waals surface area contributed by atoms with Gasteiger partial charge in [0.2, 0.25) is 0 Å². The molecule has 18 heavy (non-hydrogen) atoms. The molecule has 2 N–H and O–H groups in total. The zero-order chi connectivity index (χ0) is 13.1. The lowest BCUT2D eigenvalue weighted by molar-refractivity contribution is 0.0992. The molecule has 0 radical (unpaired) electrons. The second-order valence-electron chi connectivity index (χ2n) is 3.82. The summed E-state index contributed by atoms with van der Waals surface area (Å²) in [5.41, 5.74) is 6.85. The maximum Gasteiger partial charge on any atom is 0.259 e. The summed E-state index contributed by atoms with van der Waals surface area (Å²) in [5.74, 6) is 0.398. The van der Waals surface area contributed by atoms with Crippen LogP contribution in [0.4, 0.5) is 11.5 Å². The van der Waals surface area contributed by atoms with Crippen LogP contribution in [0.25, 0.3) is 0 Å². The molecule has 1 aromatic heterocycles. The quantitative estimate of drug-likeness (QED) is 0.928. The number of pyridine rings is 1. The minimum Gasteiger partial charge on any atom is -0.399 e. The van der Waals surface area contributed by atoms with Crippen molar-refractivity contribution in [2.75, 3.05) is 17.7 Å². The minimum absolute atomic E-state index is 0.130. The van der Waals surface area contributed by atoms with Crippen LogP contribution in [-0.4, -0.2) is 17.9 Å². The fraction of sp³-hybridized carbons (Fsp3) is 0.0769. The molecule has 2 rings (SSSR count). The van der Waals surface area contributed by atoms with Gasteiger partial charge in [0, 0.05) is 35.0 Å². The van der Waals surface area contributed by atoms with E-state index in [2.05, 4.69) is 20.9 Å². The van der Waals surface area contributed by atoms with Crippen molar-refractivity contribution in [1.82, 2.24) is 4.98 Å². The van der Waals surface area contributed by atoms with Gasteiger partial charge in [-0.25, -0.2) is 4.98 Å². The lowest BCUT2D eigenvalue weighted by atomic mass is 10.2. The van der Waals surface area contributed by atoms with Gasteiger partial charge in [0.1, 0.15) is 5.82 Å². The van der Waals surface area contributed by atoms with Gasteiger partial charge < -0.3 is 5.73 Å². The molecule has 2 aromatic rings. The number of anilines is 2. The summed E-state index contributed by atoms with van der Waals surface area (Å²) in [6.07, 6.45) is 1.58. The SMILES string of the molecule is CN(C(=O)c1cccc(Br)c1)c1cc(N)ccn1. The molecule has 0 aliphatic heterocycles. The van der Waals surface area contributed by atoms with E-state index in [4.69, 9.17) is 5.73 Å². The molecule has 1 heterocycles. The Labute approximate surface area is 114 Å². The number of carbonyl (C=O) groups excluding carboxylic acids is 1. The van der Waals surface area contributed by atoms with E-state index >= 15 is 0 Å². The number of hydrogen-bond donors (Lipinski definition) is 1.